The van der Waals surface area contributed by atoms with Crippen molar-refractivity contribution in [2.45, 2.75) is 12.5 Å². The van der Waals surface area contributed by atoms with E-state index < -0.39 is 16.4 Å². The molecule has 1 saturated heterocycles. The van der Waals surface area contributed by atoms with Crippen molar-refractivity contribution in [2.24, 2.45) is 0 Å². The van der Waals surface area contributed by atoms with Crippen molar-refractivity contribution in [2.75, 3.05) is 20.3 Å². The van der Waals surface area contributed by atoms with Crippen LogP contribution in [0.3, 0.4) is 0 Å². The van der Waals surface area contributed by atoms with Crippen LogP contribution in [0.2, 0.25) is 0 Å². The van der Waals surface area contributed by atoms with Crippen molar-refractivity contribution in [1.82, 2.24) is 4.90 Å². The monoisotopic (exact) mass is 266 g/mol. The third-order valence-electron chi connectivity index (χ3n) is 3.19. The van der Waals surface area contributed by atoms with Crippen LogP contribution in [0, 0.1) is 10.1 Å². The number of carbonyl (C=O) groups is 1. The summed E-state index contributed by atoms with van der Waals surface area (Å²) in [5, 5.41) is 20.1. The molecule has 1 aliphatic heterocycles. The number of amides is 1. The molecule has 0 aromatic heterocycles. The first-order valence-corrected chi connectivity index (χ1v) is 5.83. The summed E-state index contributed by atoms with van der Waals surface area (Å²) in [5.74, 6) is -0.771. The zero-order valence-electron chi connectivity index (χ0n) is 10.4. The predicted molar refractivity (Wildman–Crippen MR) is 66.1 cm³/mol. The number of aromatic hydroxyl groups is 1. The number of nitrogens with zero attached hydrogens (tertiary/aromatic N) is 2. The molecule has 0 unspecified atom stereocenters. The average Bonchev–Trinajstić information content (AvgIpc) is 2.91. The normalized spacial score (nSPS) is 18.3. The minimum Gasteiger partial charge on any atom is -0.502 e. The molecule has 0 aliphatic carbocycles. The molecule has 1 aliphatic rings. The Morgan fingerprint density at radius 3 is 2.89 bits per heavy atom. The van der Waals surface area contributed by atoms with E-state index in [9.17, 15) is 20.0 Å². The number of ether oxygens (including phenoxy) is 1. The van der Waals surface area contributed by atoms with Gasteiger partial charge in [0.05, 0.1) is 17.6 Å². The summed E-state index contributed by atoms with van der Waals surface area (Å²) in [6.07, 6.45) is 0.752. The highest BCUT2D eigenvalue weighted by Gasteiger charge is 2.26. The number of rotatable bonds is 3. The van der Waals surface area contributed by atoms with Gasteiger partial charge in [-0.1, -0.05) is 0 Å². The van der Waals surface area contributed by atoms with E-state index in [1.54, 1.807) is 7.05 Å². The van der Waals surface area contributed by atoms with Crippen LogP contribution in [0.15, 0.2) is 18.2 Å². The van der Waals surface area contributed by atoms with E-state index in [1.807, 2.05) is 0 Å². The van der Waals surface area contributed by atoms with E-state index in [-0.39, 0.29) is 17.5 Å². The number of benzene rings is 1. The van der Waals surface area contributed by atoms with Crippen LogP contribution in [-0.2, 0) is 4.74 Å². The van der Waals surface area contributed by atoms with Gasteiger partial charge in [0.15, 0.2) is 5.75 Å². The van der Waals surface area contributed by atoms with Crippen LogP contribution < -0.4 is 0 Å². The van der Waals surface area contributed by atoms with Gasteiger partial charge in [-0.15, -0.1) is 0 Å². The molecule has 0 bridgehead atoms. The summed E-state index contributed by atoms with van der Waals surface area (Å²) in [5.41, 5.74) is -0.291. The molecule has 0 spiro atoms. The smallest absolute Gasteiger partial charge is 0.311 e. The van der Waals surface area contributed by atoms with Gasteiger partial charge in [-0.05, 0) is 18.6 Å². The number of nitro benzene ring substituents is 1. The number of carbonyl (C=O) groups excluding carboxylic acids is 1. The minimum absolute atomic E-state index is 0.0136. The summed E-state index contributed by atoms with van der Waals surface area (Å²) in [4.78, 5) is 23.7. The molecule has 2 rings (SSSR count). The summed E-state index contributed by atoms with van der Waals surface area (Å²) in [6.45, 7) is 1.08. The Labute approximate surface area is 109 Å². The Morgan fingerprint density at radius 1 is 1.58 bits per heavy atom. The molecule has 1 amide bonds. The fourth-order valence-electron chi connectivity index (χ4n) is 2.00. The van der Waals surface area contributed by atoms with Crippen LogP contribution in [0.5, 0.6) is 5.75 Å². The lowest BCUT2D eigenvalue weighted by atomic mass is 10.1. The number of phenolic OH excluding ortho intramolecular Hbond substituents is 1. The SMILES string of the molecule is CN(C(=O)c1ccc(O)c([N+](=O)[O-])c1)[C@@H]1CCOC1. The highest BCUT2D eigenvalue weighted by atomic mass is 16.6. The highest BCUT2D eigenvalue weighted by molar-refractivity contribution is 5.95. The van der Waals surface area contributed by atoms with Gasteiger partial charge in [-0.25, -0.2) is 0 Å². The molecular formula is C12H14N2O5. The summed E-state index contributed by atoms with van der Waals surface area (Å²) in [7, 11) is 1.64. The van der Waals surface area contributed by atoms with Crippen molar-refractivity contribution in [3.8, 4) is 5.75 Å². The Kier molecular flexibility index (Phi) is 3.66. The van der Waals surface area contributed by atoms with Crippen LogP contribution in [0.4, 0.5) is 5.69 Å². The molecule has 1 fully saturated rings. The van der Waals surface area contributed by atoms with E-state index in [2.05, 4.69) is 0 Å². The topological polar surface area (TPSA) is 92.9 Å². The first-order valence-electron chi connectivity index (χ1n) is 5.83. The Hall–Kier alpha value is -2.15. The maximum atomic E-state index is 12.2. The molecule has 7 heteroatoms. The third kappa shape index (κ3) is 2.65. The lowest BCUT2D eigenvalue weighted by molar-refractivity contribution is -0.385. The molecule has 1 heterocycles. The standard InChI is InChI=1S/C12H14N2O5/c1-13(9-4-5-19-7-9)12(16)8-2-3-11(15)10(6-8)14(17)18/h2-3,6,9,15H,4-5,7H2,1H3/t9-/m1/s1. The largest absolute Gasteiger partial charge is 0.502 e. The zero-order chi connectivity index (χ0) is 14.0. The number of nitro groups is 1. The molecule has 1 N–H and O–H groups in total. The van der Waals surface area contributed by atoms with Gasteiger partial charge in [0.1, 0.15) is 0 Å². The lowest BCUT2D eigenvalue weighted by Gasteiger charge is -2.23. The Bertz CT molecular complexity index is 511. The maximum absolute atomic E-state index is 12.2. The number of hydrogen-bond donors (Lipinski definition) is 1. The molecule has 102 valence electrons. The van der Waals surface area contributed by atoms with Gasteiger partial charge in [-0.2, -0.15) is 0 Å². The number of hydrogen-bond acceptors (Lipinski definition) is 5. The van der Waals surface area contributed by atoms with E-state index in [0.717, 1.165) is 18.6 Å². The van der Waals surface area contributed by atoms with Gasteiger partial charge in [-0.3, -0.25) is 14.9 Å². The number of phenols is 1. The molecule has 1 aromatic rings. The summed E-state index contributed by atoms with van der Waals surface area (Å²) >= 11 is 0. The third-order valence-corrected chi connectivity index (χ3v) is 3.19. The molecule has 1 atom stereocenters. The van der Waals surface area contributed by atoms with E-state index in [0.29, 0.717) is 13.2 Å². The van der Waals surface area contributed by atoms with Crippen LogP contribution >= 0.6 is 0 Å². The van der Waals surface area contributed by atoms with E-state index >= 15 is 0 Å². The Morgan fingerprint density at radius 2 is 2.32 bits per heavy atom. The lowest BCUT2D eigenvalue weighted by Crippen LogP contribution is -2.37. The summed E-state index contributed by atoms with van der Waals surface area (Å²) in [6, 6.07) is 3.60. The minimum atomic E-state index is -0.717. The van der Waals surface area contributed by atoms with E-state index in [1.165, 1.54) is 11.0 Å². The molecule has 1 aromatic carbocycles. The first kappa shape index (κ1) is 13.3. The van der Waals surface area contributed by atoms with Crippen LogP contribution in [0.25, 0.3) is 0 Å². The molecule has 0 radical (unpaired) electrons. The molecular weight excluding hydrogens is 252 g/mol. The van der Waals surface area contributed by atoms with Crippen LogP contribution in [-0.4, -0.2) is 47.1 Å². The summed E-state index contributed by atoms with van der Waals surface area (Å²) < 4.78 is 5.20. The second-order valence-corrected chi connectivity index (χ2v) is 4.39. The second kappa shape index (κ2) is 5.23. The van der Waals surface area contributed by atoms with Gasteiger partial charge in [0.2, 0.25) is 0 Å². The predicted octanol–water partition coefficient (Wildman–Crippen LogP) is 1.16. The van der Waals surface area contributed by atoms with Gasteiger partial charge in [0.25, 0.3) is 5.91 Å². The second-order valence-electron chi connectivity index (χ2n) is 4.39. The fourth-order valence-corrected chi connectivity index (χ4v) is 2.00. The quantitative estimate of drug-likeness (QED) is 0.654. The molecule has 0 saturated carbocycles. The van der Waals surface area contributed by atoms with Crippen molar-refractivity contribution in [3.05, 3.63) is 33.9 Å². The average molecular weight is 266 g/mol. The first-order chi connectivity index (χ1) is 9.00. The van der Waals surface area contributed by atoms with Gasteiger partial charge >= 0.3 is 5.69 Å². The van der Waals surface area contributed by atoms with Crippen molar-refractivity contribution in [3.63, 3.8) is 0 Å². The number of likely N-dealkylation sites (N-methyl/N-ethyl adjacent to an activating group) is 1. The highest BCUT2D eigenvalue weighted by Crippen LogP contribution is 2.27. The van der Waals surface area contributed by atoms with Gasteiger partial charge in [0, 0.05) is 25.3 Å². The fraction of sp³-hybridized carbons (Fsp3) is 0.417. The molecule has 19 heavy (non-hydrogen) atoms. The van der Waals surface area contributed by atoms with Crippen molar-refractivity contribution in [1.29, 1.82) is 0 Å². The van der Waals surface area contributed by atoms with E-state index in [4.69, 9.17) is 4.74 Å². The molecule has 7 nitrogen and oxygen atoms in total. The van der Waals surface area contributed by atoms with Crippen LogP contribution in [0.1, 0.15) is 16.8 Å². The maximum Gasteiger partial charge on any atom is 0.311 e. The van der Waals surface area contributed by atoms with Crippen molar-refractivity contribution >= 4 is 11.6 Å². The van der Waals surface area contributed by atoms with Gasteiger partial charge < -0.3 is 14.7 Å². The zero-order valence-corrected chi connectivity index (χ0v) is 10.4. The van der Waals surface area contributed by atoms with Crippen molar-refractivity contribution < 1.29 is 19.6 Å². The Balaban J connectivity index is 2.23.